The summed E-state index contributed by atoms with van der Waals surface area (Å²) in [6, 6.07) is 11.2. The van der Waals surface area contributed by atoms with Crippen LogP contribution in [0, 0.1) is 11.8 Å². The zero-order valence-electron chi connectivity index (χ0n) is 12.8. The van der Waals surface area contributed by atoms with Crippen LogP contribution in [-0.2, 0) is 9.53 Å². The summed E-state index contributed by atoms with van der Waals surface area (Å²) in [6.45, 7) is 8.00. The number of halogens is 1. The molecule has 2 aliphatic heterocycles. The molecule has 2 bridgehead atoms. The van der Waals surface area contributed by atoms with Gasteiger partial charge in [0.15, 0.2) is 0 Å². The Labute approximate surface area is 137 Å². The maximum Gasteiger partial charge on any atom is 0.315 e. The highest BCUT2D eigenvalue weighted by Gasteiger charge is 2.56. The van der Waals surface area contributed by atoms with E-state index in [1.165, 1.54) is 18.5 Å². The Morgan fingerprint density at radius 2 is 2.05 bits per heavy atom. The Bertz CT molecular complexity index is 493. The molecule has 116 valence electrons. The fourth-order valence-corrected chi connectivity index (χ4v) is 4.18. The molecule has 1 unspecified atom stereocenters. The molecule has 1 aromatic rings. The van der Waals surface area contributed by atoms with Crippen molar-refractivity contribution in [3.8, 4) is 0 Å². The summed E-state index contributed by atoms with van der Waals surface area (Å²) < 4.78 is 6.33. The van der Waals surface area contributed by atoms with Gasteiger partial charge in [-0.1, -0.05) is 30.3 Å². The number of carbonyl (C=O) groups excluding carboxylic acids is 1. The lowest BCUT2D eigenvalue weighted by atomic mass is 9.92. The quantitative estimate of drug-likeness (QED) is 0.552. The molecule has 0 saturated carbocycles. The minimum Gasteiger partial charge on any atom is -1.00 e. The minimum atomic E-state index is 0. The number of carbonyl (C=O) groups is 1. The fourth-order valence-electron chi connectivity index (χ4n) is 4.18. The van der Waals surface area contributed by atoms with Crippen molar-refractivity contribution in [2.24, 2.45) is 11.8 Å². The molecule has 3 rings (SSSR count). The minimum absolute atomic E-state index is 0. The maximum absolute atomic E-state index is 12.1. The first-order valence-corrected chi connectivity index (χ1v) is 7.73. The molecule has 2 aliphatic rings. The van der Waals surface area contributed by atoms with Gasteiger partial charge in [0.05, 0.1) is 26.2 Å². The second-order valence-electron chi connectivity index (χ2n) is 6.30. The third kappa shape index (κ3) is 2.88. The predicted octanol–water partition coefficient (Wildman–Crippen LogP) is -0.219. The van der Waals surface area contributed by atoms with E-state index in [0.717, 1.165) is 17.6 Å². The molecule has 21 heavy (non-hydrogen) atoms. The van der Waals surface area contributed by atoms with Crippen LogP contribution in [0.1, 0.15) is 31.9 Å². The molecule has 0 aromatic heterocycles. The van der Waals surface area contributed by atoms with Gasteiger partial charge in [-0.05, 0) is 13.8 Å². The molecule has 4 heteroatoms. The number of quaternary nitrogens is 1. The van der Waals surface area contributed by atoms with E-state index in [9.17, 15) is 4.79 Å². The van der Waals surface area contributed by atoms with Crippen LogP contribution in [0.5, 0.6) is 0 Å². The largest absolute Gasteiger partial charge is 1.00 e. The summed E-state index contributed by atoms with van der Waals surface area (Å²) >= 11 is 0. The molecule has 0 radical (unpaired) electrons. The maximum atomic E-state index is 12.1. The van der Waals surface area contributed by atoms with E-state index in [1.807, 2.05) is 6.92 Å². The van der Waals surface area contributed by atoms with Crippen LogP contribution in [0.4, 0.5) is 0 Å². The standard InChI is InChI=1S/C17H24NO2.BrH/c1-3-20-17(19)16-12-18(10-9-15(16)11-18)13(2)14-7-5-4-6-8-14;/h4-8,13,15-16H,3,9-12H2,1-2H3;1H/q+1;/p-1/t13-,15-,16+,18?;/m0./s1. The Balaban J connectivity index is 0.00000161. The first kappa shape index (κ1) is 16.5. The van der Waals surface area contributed by atoms with Crippen molar-refractivity contribution in [1.29, 1.82) is 0 Å². The van der Waals surface area contributed by atoms with Crippen LogP contribution in [0.3, 0.4) is 0 Å². The fraction of sp³-hybridized carbons (Fsp3) is 0.588. The Morgan fingerprint density at radius 3 is 2.71 bits per heavy atom. The second kappa shape index (κ2) is 6.49. The summed E-state index contributed by atoms with van der Waals surface area (Å²) in [4.78, 5) is 12.1. The first-order chi connectivity index (χ1) is 9.66. The van der Waals surface area contributed by atoms with Gasteiger partial charge >= 0.3 is 5.97 Å². The molecule has 0 spiro atoms. The van der Waals surface area contributed by atoms with Crippen molar-refractivity contribution in [3.63, 3.8) is 0 Å². The molecular formula is C17H24BrNO2. The van der Waals surface area contributed by atoms with Crippen LogP contribution in [-0.4, -0.2) is 36.7 Å². The smallest absolute Gasteiger partial charge is 0.315 e. The van der Waals surface area contributed by atoms with Crippen molar-refractivity contribution in [2.45, 2.75) is 26.3 Å². The Morgan fingerprint density at radius 1 is 1.33 bits per heavy atom. The van der Waals surface area contributed by atoms with Gasteiger partial charge in [0.2, 0.25) is 0 Å². The van der Waals surface area contributed by atoms with Gasteiger partial charge in [0, 0.05) is 17.9 Å². The summed E-state index contributed by atoms with van der Waals surface area (Å²) in [5, 5.41) is 0. The molecule has 0 N–H and O–H groups in total. The number of piperidine rings is 1. The van der Waals surface area contributed by atoms with E-state index in [0.29, 0.717) is 18.6 Å². The van der Waals surface area contributed by atoms with Crippen molar-refractivity contribution in [2.75, 3.05) is 26.2 Å². The predicted molar refractivity (Wildman–Crippen MR) is 77.9 cm³/mol. The number of hydrogen-bond acceptors (Lipinski definition) is 2. The van der Waals surface area contributed by atoms with Crippen LogP contribution in [0.25, 0.3) is 0 Å². The summed E-state index contributed by atoms with van der Waals surface area (Å²) in [7, 11) is 0. The van der Waals surface area contributed by atoms with Crippen molar-refractivity contribution in [3.05, 3.63) is 35.9 Å². The second-order valence-corrected chi connectivity index (χ2v) is 6.30. The van der Waals surface area contributed by atoms with Crippen molar-refractivity contribution in [1.82, 2.24) is 0 Å². The highest BCUT2D eigenvalue weighted by Crippen LogP contribution is 2.46. The lowest BCUT2D eigenvalue weighted by Crippen LogP contribution is -3.00. The molecule has 1 aromatic carbocycles. The normalized spacial score (nSPS) is 31.5. The van der Waals surface area contributed by atoms with Crippen LogP contribution >= 0.6 is 0 Å². The number of fused-ring (bicyclic) bond motifs is 2. The topological polar surface area (TPSA) is 26.3 Å². The highest BCUT2D eigenvalue weighted by atomic mass is 79.9. The van der Waals surface area contributed by atoms with E-state index in [2.05, 4.69) is 37.3 Å². The number of hydrogen-bond donors (Lipinski definition) is 0. The number of rotatable bonds is 4. The van der Waals surface area contributed by atoms with Gasteiger partial charge in [-0.15, -0.1) is 0 Å². The first-order valence-electron chi connectivity index (χ1n) is 7.73. The summed E-state index contributed by atoms with van der Waals surface area (Å²) in [6.07, 6.45) is 1.17. The lowest BCUT2D eigenvalue weighted by molar-refractivity contribution is -0.938. The van der Waals surface area contributed by atoms with Crippen molar-refractivity contribution >= 4 is 5.97 Å². The SMILES string of the molecule is CCOC(=O)[C@@H]1C[N+]2([C@@H](C)c3ccccc3)CC[C@H]1C2.[Br-]. The number of esters is 1. The lowest BCUT2D eigenvalue weighted by Gasteiger charge is -2.39. The van der Waals surface area contributed by atoms with Gasteiger partial charge in [0.25, 0.3) is 0 Å². The Kier molecular flexibility index (Phi) is 5.10. The van der Waals surface area contributed by atoms with Gasteiger partial charge in [-0.3, -0.25) is 4.79 Å². The van der Waals surface area contributed by atoms with E-state index in [-0.39, 0.29) is 28.9 Å². The van der Waals surface area contributed by atoms with Crippen molar-refractivity contribution < 1.29 is 31.0 Å². The molecule has 0 aliphatic carbocycles. The van der Waals surface area contributed by atoms with Gasteiger partial charge in [0.1, 0.15) is 12.0 Å². The third-order valence-corrected chi connectivity index (χ3v) is 5.37. The van der Waals surface area contributed by atoms with Gasteiger partial charge in [-0.2, -0.15) is 0 Å². The van der Waals surface area contributed by atoms with Crippen LogP contribution in [0.15, 0.2) is 30.3 Å². The zero-order chi connectivity index (χ0) is 14.2. The highest BCUT2D eigenvalue weighted by molar-refractivity contribution is 5.73. The molecule has 3 nitrogen and oxygen atoms in total. The van der Waals surface area contributed by atoms with E-state index < -0.39 is 0 Å². The third-order valence-electron chi connectivity index (χ3n) is 5.37. The molecule has 0 amide bonds. The van der Waals surface area contributed by atoms with Gasteiger partial charge < -0.3 is 26.2 Å². The average Bonchev–Trinajstić information content (AvgIpc) is 3.07. The zero-order valence-corrected chi connectivity index (χ0v) is 14.4. The molecule has 2 heterocycles. The monoisotopic (exact) mass is 353 g/mol. The van der Waals surface area contributed by atoms with E-state index >= 15 is 0 Å². The number of benzene rings is 1. The van der Waals surface area contributed by atoms with Crippen LogP contribution < -0.4 is 17.0 Å². The summed E-state index contributed by atoms with van der Waals surface area (Å²) in [5.41, 5.74) is 1.39. The number of nitrogens with zero attached hydrogens (tertiary/aromatic N) is 1. The average molecular weight is 354 g/mol. The molecule has 2 fully saturated rings. The van der Waals surface area contributed by atoms with Crippen LogP contribution in [0.2, 0.25) is 0 Å². The number of ether oxygens (including phenoxy) is 1. The molecule has 2 saturated heterocycles. The summed E-state index contributed by atoms with van der Waals surface area (Å²) in [5.74, 6) is 0.674. The van der Waals surface area contributed by atoms with E-state index in [4.69, 9.17) is 4.74 Å². The molecule has 4 atom stereocenters. The molecular weight excluding hydrogens is 330 g/mol. The van der Waals surface area contributed by atoms with Gasteiger partial charge in [-0.25, -0.2) is 0 Å². The van der Waals surface area contributed by atoms with E-state index in [1.54, 1.807) is 0 Å². The Hall–Kier alpha value is -0.870.